The molecule has 10 heteroatoms. The molecule has 0 aliphatic heterocycles. The zero-order valence-electron chi connectivity index (χ0n) is 20.9. The first-order valence-electron chi connectivity index (χ1n) is 11.6. The Morgan fingerprint density at radius 3 is 2.67 bits per heavy atom. The van der Waals surface area contributed by atoms with Gasteiger partial charge >= 0.3 is 11.7 Å². The number of hydrogen-bond donors (Lipinski definition) is 1. The van der Waals surface area contributed by atoms with E-state index in [0.717, 1.165) is 10.1 Å². The number of benzene rings is 1. The topological polar surface area (TPSA) is 123 Å². The monoisotopic (exact) mass is 493 g/mol. The van der Waals surface area contributed by atoms with Crippen LogP contribution >= 0.6 is 0 Å². The number of ether oxygens (including phenoxy) is 2. The minimum Gasteiger partial charge on any atom is -0.497 e. The van der Waals surface area contributed by atoms with Crippen molar-refractivity contribution in [1.82, 2.24) is 18.7 Å². The summed E-state index contributed by atoms with van der Waals surface area (Å²) < 4.78 is 14.5. The lowest BCUT2D eigenvalue weighted by molar-refractivity contribution is -0.146. The van der Waals surface area contributed by atoms with E-state index >= 15 is 0 Å². The number of nitrogens with two attached hydrogens (primary N) is 1. The van der Waals surface area contributed by atoms with Gasteiger partial charge in [0.05, 0.1) is 20.3 Å². The molecule has 0 unspecified atom stereocenters. The van der Waals surface area contributed by atoms with E-state index in [0.29, 0.717) is 18.0 Å². The quantitative estimate of drug-likeness (QED) is 0.259. The Kier molecular flexibility index (Phi) is 8.51. The summed E-state index contributed by atoms with van der Waals surface area (Å²) in [6.07, 6.45) is 9.32. The third-order valence-electron chi connectivity index (χ3n) is 5.81. The van der Waals surface area contributed by atoms with E-state index in [-0.39, 0.29) is 36.8 Å². The van der Waals surface area contributed by atoms with Crippen molar-refractivity contribution in [2.75, 3.05) is 13.7 Å². The van der Waals surface area contributed by atoms with Crippen molar-refractivity contribution in [3.05, 3.63) is 56.5 Å². The van der Waals surface area contributed by atoms with Gasteiger partial charge in [-0.3, -0.25) is 14.2 Å². The molecule has 0 bridgehead atoms. The largest absolute Gasteiger partial charge is 0.497 e. The minimum atomic E-state index is -0.716. The van der Waals surface area contributed by atoms with Crippen molar-refractivity contribution < 1.29 is 14.3 Å². The fraction of sp³-hybridized carbons (Fsp3) is 0.385. The summed E-state index contributed by atoms with van der Waals surface area (Å²) >= 11 is 0. The number of hydrogen-bond acceptors (Lipinski definition) is 7. The van der Waals surface area contributed by atoms with Crippen LogP contribution in [0.25, 0.3) is 23.3 Å². The van der Waals surface area contributed by atoms with E-state index in [2.05, 4.69) is 10.9 Å². The van der Waals surface area contributed by atoms with Gasteiger partial charge < -0.3 is 19.8 Å². The molecule has 3 aromatic rings. The van der Waals surface area contributed by atoms with Crippen LogP contribution in [-0.2, 0) is 29.7 Å². The van der Waals surface area contributed by atoms with Crippen LogP contribution in [0.5, 0.6) is 5.75 Å². The smallest absolute Gasteiger partial charge is 0.333 e. The molecule has 2 N–H and O–H groups in total. The molecule has 0 spiro atoms. The fourth-order valence-corrected chi connectivity index (χ4v) is 3.64. The molecule has 1 aromatic carbocycles. The standard InChI is InChI=1S/C26H31N5O5/c1-6-13-31-24(32)22-23(30(26(31)34)14-8-15-36-25(33)21(27)17(2)3)28-20(29(22)4)12-11-18-9-7-10-19(16-18)35-5/h1,7,9-12,16-17,21H,8,13-15,27H2,2-5H3/b12-11+/t21-/m0/s1. The number of aromatic nitrogens is 4. The average Bonchev–Trinajstić information content (AvgIpc) is 3.20. The van der Waals surface area contributed by atoms with E-state index in [9.17, 15) is 14.4 Å². The summed E-state index contributed by atoms with van der Waals surface area (Å²) in [5.41, 5.74) is 6.08. The van der Waals surface area contributed by atoms with Crippen LogP contribution in [0.15, 0.2) is 33.9 Å². The third kappa shape index (κ3) is 5.58. The molecule has 0 aliphatic carbocycles. The van der Waals surface area contributed by atoms with Gasteiger partial charge in [-0.05, 0) is 36.1 Å². The maximum absolute atomic E-state index is 13.1. The van der Waals surface area contributed by atoms with Gasteiger partial charge in [0.15, 0.2) is 11.2 Å². The summed E-state index contributed by atoms with van der Waals surface area (Å²) in [5.74, 6) is 3.00. The Morgan fingerprint density at radius 1 is 1.25 bits per heavy atom. The molecular weight excluding hydrogens is 462 g/mol. The Labute approximate surface area is 209 Å². The van der Waals surface area contributed by atoms with Gasteiger partial charge in [-0.15, -0.1) is 6.42 Å². The second-order valence-corrected chi connectivity index (χ2v) is 8.63. The lowest BCUT2D eigenvalue weighted by Gasteiger charge is -2.15. The number of fused-ring (bicyclic) bond motifs is 1. The van der Waals surface area contributed by atoms with Crippen LogP contribution < -0.4 is 21.7 Å². The molecule has 0 saturated carbocycles. The molecule has 0 saturated heterocycles. The Bertz CT molecular complexity index is 1440. The van der Waals surface area contributed by atoms with Crippen LogP contribution in [0.1, 0.15) is 31.7 Å². The van der Waals surface area contributed by atoms with Gasteiger partial charge in [-0.25, -0.2) is 14.3 Å². The highest BCUT2D eigenvalue weighted by atomic mass is 16.5. The van der Waals surface area contributed by atoms with Crippen LogP contribution in [0.4, 0.5) is 0 Å². The number of esters is 1. The van der Waals surface area contributed by atoms with Crippen molar-refractivity contribution in [3.8, 4) is 18.1 Å². The Morgan fingerprint density at radius 2 is 2.00 bits per heavy atom. The summed E-state index contributed by atoms with van der Waals surface area (Å²) in [7, 11) is 3.29. The highest BCUT2D eigenvalue weighted by molar-refractivity contribution is 5.77. The Hall–Kier alpha value is -4.10. The molecule has 0 fully saturated rings. The number of carbonyl (C=O) groups is 1. The molecule has 10 nitrogen and oxygen atoms in total. The molecular formula is C26H31N5O5. The molecule has 36 heavy (non-hydrogen) atoms. The van der Waals surface area contributed by atoms with Crippen molar-refractivity contribution in [2.24, 2.45) is 18.7 Å². The highest BCUT2D eigenvalue weighted by Gasteiger charge is 2.20. The maximum Gasteiger partial charge on any atom is 0.333 e. The zero-order valence-corrected chi connectivity index (χ0v) is 20.9. The summed E-state index contributed by atoms with van der Waals surface area (Å²) in [5, 5.41) is 0. The number of aryl methyl sites for hydroxylation is 2. The van der Waals surface area contributed by atoms with Gasteiger partial charge in [0.25, 0.3) is 5.56 Å². The van der Waals surface area contributed by atoms with E-state index in [1.807, 2.05) is 44.2 Å². The maximum atomic E-state index is 13.1. The van der Waals surface area contributed by atoms with E-state index in [4.69, 9.17) is 21.6 Å². The lowest BCUT2D eigenvalue weighted by Crippen LogP contribution is -2.40. The highest BCUT2D eigenvalue weighted by Crippen LogP contribution is 2.17. The number of carbonyl (C=O) groups excluding carboxylic acids is 1. The van der Waals surface area contributed by atoms with Gasteiger partial charge in [0.1, 0.15) is 17.6 Å². The van der Waals surface area contributed by atoms with Gasteiger partial charge in [-0.1, -0.05) is 38.0 Å². The zero-order chi connectivity index (χ0) is 26.4. The molecule has 1 atom stereocenters. The van der Waals surface area contributed by atoms with Gasteiger partial charge in [0, 0.05) is 13.6 Å². The van der Waals surface area contributed by atoms with Crippen molar-refractivity contribution in [2.45, 2.75) is 39.4 Å². The molecule has 0 radical (unpaired) electrons. The molecule has 0 amide bonds. The molecule has 2 aromatic heterocycles. The molecule has 190 valence electrons. The van der Waals surface area contributed by atoms with Gasteiger partial charge in [0.2, 0.25) is 0 Å². The minimum absolute atomic E-state index is 0.0518. The first-order chi connectivity index (χ1) is 17.2. The van der Waals surface area contributed by atoms with Crippen LogP contribution in [-0.4, -0.2) is 44.4 Å². The SMILES string of the molecule is C#CCn1c(=O)c2c(nc(/C=C/c3cccc(OC)c3)n2C)n(CCCOC(=O)[C@@H](N)C(C)C)c1=O. The van der Waals surface area contributed by atoms with Gasteiger partial charge in [-0.2, -0.15) is 0 Å². The van der Waals surface area contributed by atoms with Crippen molar-refractivity contribution in [3.63, 3.8) is 0 Å². The van der Waals surface area contributed by atoms with Crippen LogP contribution in [0.2, 0.25) is 0 Å². The fourth-order valence-electron chi connectivity index (χ4n) is 3.64. The third-order valence-corrected chi connectivity index (χ3v) is 5.81. The normalized spacial score (nSPS) is 12.2. The van der Waals surface area contributed by atoms with Crippen LogP contribution in [0.3, 0.4) is 0 Å². The first kappa shape index (κ1) is 26.5. The summed E-state index contributed by atoms with van der Waals surface area (Å²) in [4.78, 5) is 42.8. The number of methoxy groups -OCH3 is 1. The number of nitrogens with zero attached hydrogens (tertiary/aromatic N) is 4. The number of terminal acetylenes is 1. The van der Waals surface area contributed by atoms with Crippen molar-refractivity contribution >= 4 is 29.3 Å². The van der Waals surface area contributed by atoms with E-state index < -0.39 is 23.3 Å². The average molecular weight is 494 g/mol. The first-order valence-corrected chi connectivity index (χ1v) is 11.6. The summed E-state index contributed by atoms with van der Waals surface area (Å²) in [6.45, 7) is 3.72. The molecule has 3 rings (SSSR count). The second-order valence-electron chi connectivity index (χ2n) is 8.63. The van der Waals surface area contributed by atoms with Crippen molar-refractivity contribution in [1.29, 1.82) is 0 Å². The summed E-state index contributed by atoms with van der Waals surface area (Å²) in [6, 6.07) is 6.76. The molecule has 2 heterocycles. The number of rotatable bonds is 10. The van der Waals surface area contributed by atoms with E-state index in [1.54, 1.807) is 24.8 Å². The molecule has 0 aliphatic rings. The predicted octanol–water partition coefficient (Wildman–Crippen LogP) is 1.63. The number of imidazole rings is 1. The van der Waals surface area contributed by atoms with E-state index in [1.165, 1.54) is 4.57 Å². The predicted molar refractivity (Wildman–Crippen MR) is 138 cm³/mol. The second kappa shape index (κ2) is 11.6. The Balaban J connectivity index is 1.96. The van der Waals surface area contributed by atoms with Crippen LogP contribution in [0, 0.1) is 18.3 Å². The lowest BCUT2D eigenvalue weighted by atomic mass is 10.1.